The molecule has 2 aromatic rings. The van der Waals surface area contributed by atoms with Crippen molar-refractivity contribution in [1.82, 2.24) is 9.88 Å². The number of aryl methyl sites for hydroxylation is 1. The lowest BCUT2D eigenvalue weighted by atomic mass is 9.87. The Morgan fingerprint density at radius 3 is 2.60 bits per heavy atom. The van der Waals surface area contributed by atoms with Gasteiger partial charge in [-0.3, -0.25) is 4.98 Å². The van der Waals surface area contributed by atoms with Crippen molar-refractivity contribution in [1.29, 1.82) is 0 Å². The van der Waals surface area contributed by atoms with E-state index in [4.69, 9.17) is 0 Å². The summed E-state index contributed by atoms with van der Waals surface area (Å²) in [5.74, 6) is -0.244. The number of benzene rings is 1. The number of nitrogens with one attached hydrogen (secondary N) is 1. The van der Waals surface area contributed by atoms with Crippen molar-refractivity contribution < 1.29 is 14.3 Å². The summed E-state index contributed by atoms with van der Waals surface area (Å²) in [5.41, 5.74) is 2.29. The van der Waals surface area contributed by atoms with Crippen molar-refractivity contribution in [3.8, 4) is 0 Å². The van der Waals surface area contributed by atoms with Gasteiger partial charge in [0, 0.05) is 30.7 Å². The van der Waals surface area contributed by atoms with Gasteiger partial charge in [0.15, 0.2) is 0 Å². The van der Waals surface area contributed by atoms with Crippen molar-refractivity contribution in [2.75, 3.05) is 18.4 Å². The van der Waals surface area contributed by atoms with Gasteiger partial charge in [-0.05, 0) is 55.5 Å². The van der Waals surface area contributed by atoms with Crippen LogP contribution in [0, 0.1) is 18.7 Å². The van der Waals surface area contributed by atoms with Gasteiger partial charge in [-0.25, -0.2) is 9.18 Å². The highest BCUT2D eigenvalue weighted by molar-refractivity contribution is 5.89. The number of aliphatic hydroxyl groups excluding tert-OH is 1. The average molecular weight is 343 g/mol. The topological polar surface area (TPSA) is 65.5 Å². The van der Waals surface area contributed by atoms with Crippen LogP contribution in [0.25, 0.3) is 0 Å². The highest BCUT2D eigenvalue weighted by Gasteiger charge is 2.28. The Labute approximate surface area is 146 Å². The van der Waals surface area contributed by atoms with Crippen molar-refractivity contribution in [2.24, 2.45) is 5.92 Å². The molecule has 6 heteroatoms. The van der Waals surface area contributed by atoms with E-state index < -0.39 is 6.10 Å². The number of halogens is 1. The number of urea groups is 1. The Morgan fingerprint density at radius 1 is 1.28 bits per heavy atom. The minimum atomic E-state index is -0.631. The maximum Gasteiger partial charge on any atom is 0.321 e. The van der Waals surface area contributed by atoms with E-state index >= 15 is 0 Å². The van der Waals surface area contributed by atoms with E-state index in [0.29, 0.717) is 25.9 Å². The highest BCUT2D eigenvalue weighted by atomic mass is 19.1. The van der Waals surface area contributed by atoms with Crippen molar-refractivity contribution >= 4 is 11.7 Å². The number of piperidine rings is 1. The highest BCUT2D eigenvalue weighted by Crippen LogP contribution is 2.31. The molecule has 2 heterocycles. The molecule has 5 nitrogen and oxygen atoms in total. The van der Waals surface area contributed by atoms with E-state index in [1.165, 1.54) is 12.1 Å². The Bertz CT molecular complexity index is 728. The van der Waals surface area contributed by atoms with E-state index in [-0.39, 0.29) is 17.8 Å². The molecule has 1 fully saturated rings. The Hall–Kier alpha value is -2.47. The van der Waals surface area contributed by atoms with Crippen LogP contribution in [-0.4, -0.2) is 34.1 Å². The second-order valence-electron chi connectivity index (χ2n) is 6.44. The third-order valence-corrected chi connectivity index (χ3v) is 4.63. The van der Waals surface area contributed by atoms with E-state index in [9.17, 15) is 14.3 Å². The summed E-state index contributed by atoms with van der Waals surface area (Å²) in [6.45, 7) is 3.04. The molecule has 3 rings (SSSR count). The fraction of sp³-hybridized carbons (Fsp3) is 0.368. The molecule has 1 aliphatic rings. The second-order valence-corrected chi connectivity index (χ2v) is 6.44. The summed E-state index contributed by atoms with van der Waals surface area (Å²) in [5, 5.41) is 13.4. The van der Waals surface area contributed by atoms with Crippen molar-refractivity contribution in [3.05, 3.63) is 59.7 Å². The van der Waals surface area contributed by atoms with Gasteiger partial charge in [-0.2, -0.15) is 0 Å². The largest absolute Gasteiger partial charge is 0.388 e. The molecule has 2 N–H and O–H groups in total. The number of likely N-dealkylation sites (tertiary alicyclic amines) is 1. The zero-order valence-corrected chi connectivity index (χ0v) is 14.2. The van der Waals surface area contributed by atoms with Crippen molar-refractivity contribution in [2.45, 2.75) is 25.9 Å². The number of rotatable bonds is 3. The number of anilines is 1. The first-order valence-corrected chi connectivity index (χ1v) is 8.45. The molecule has 25 heavy (non-hydrogen) atoms. The summed E-state index contributed by atoms with van der Waals surface area (Å²) in [6, 6.07) is 9.39. The molecule has 0 saturated carbocycles. The number of hydrogen-bond donors (Lipinski definition) is 2. The lowest BCUT2D eigenvalue weighted by molar-refractivity contribution is 0.0682. The molecular weight excluding hydrogens is 321 g/mol. The number of pyridine rings is 1. The zero-order valence-electron chi connectivity index (χ0n) is 14.2. The van der Waals surface area contributed by atoms with Crippen LogP contribution in [0.3, 0.4) is 0 Å². The minimum Gasteiger partial charge on any atom is -0.388 e. The average Bonchev–Trinajstić information content (AvgIpc) is 2.62. The standard InChI is InChI=1S/C19H22FN3O2/c1-13-12-17(6-9-21-13)22-19(25)23-10-7-15(8-11-23)18(24)14-2-4-16(20)5-3-14/h2-6,9,12,15,18,24H,7-8,10-11H2,1H3,(H,21,22,25). The van der Waals surface area contributed by atoms with Crippen LogP contribution < -0.4 is 5.32 Å². The summed E-state index contributed by atoms with van der Waals surface area (Å²) in [7, 11) is 0. The number of hydrogen-bond acceptors (Lipinski definition) is 3. The molecule has 1 aromatic carbocycles. The van der Waals surface area contributed by atoms with E-state index in [0.717, 1.165) is 16.9 Å². The minimum absolute atomic E-state index is 0.0673. The molecule has 0 spiro atoms. The predicted molar refractivity (Wildman–Crippen MR) is 93.6 cm³/mol. The molecule has 0 bridgehead atoms. The summed E-state index contributed by atoms with van der Waals surface area (Å²) in [6.07, 6.45) is 2.45. The maximum atomic E-state index is 13.0. The molecule has 1 unspecified atom stereocenters. The molecule has 0 aliphatic carbocycles. The van der Waals surface area contributed by atoms with E-state index in [2.05, 4.69) is 10.3 Å². The SMILES string of the molecule is Cc1cc(NC(=O)N2CCC(C(O)c3ccc(F)cc3)CC2)ccn1. The van der Waals surface area contributed by atoms with Gasteiger partial charge in [-0.1, -0.05) is 12.1 Å². The fourth-order valence-corrected chi connectivity index (χ4v) is 3.18. The van der Waals surface area contributed by atoms with Crippen LogP contribution in [0.5, 0.6) is 0 Å². The van der Waals surface area contributed by atoms with Crippen LogP contribution in [0.1, 0.15) is 30.2 Å². The van der Waals surface area contributed by atoms with Crippen LogP contribution in [0.4, 0.5) is 14.9 Å². The summed E-state index contributed by atoms with van der Waals surface area (Å²) >= 11 is 0. The number of amides is 2. The Kier molecular flexibility index (Phi) is 5.28. The second kappa shape index (κ2) is 7.61. The Balaban J connectivity index is 1.54. The number of carbonyl (C=O) groups is 1. The molecule has 0 radical (unpaired) electrons. The molecule has 1 aliphatic heterocycles. The molecule has 1 saturated heterocycles. The first-order valence-electron chi connectivity index (χ1n) is 8.45. The quantitative estimate of drug-likeness (QED) is 0.896. The van der Waals surface area contributed by atoms with Crippen LogP contribution in [0.2, 0.25) is 0 Å². The number of aromatic nitrogens is 1. The fourth-order valence-electron chi connectivity index (χ4n) is 3.18. The Morgan fingerprint density at radius 2 is 1.96 bits per heavy atom. The summed E-state index contributed by atoms with van der Waals surface area (Å²) in [4.78, 5) is 18.2. The molecular formula is C19H22FN3O2. The van der Waals surface area contributed by atoms with Crippen molar-refractivity contribution in [3.63, 3.8) is 0 Å². The van der Waals surface area contributed by atoms with Gasteiger partial charge >= 0.3 is 6.03 Å². The van der Waals surface area contributed by atoms with Crippen LogP contribution in [0.15, 0.2) is 42.6 Å². The lowest BCUT2D eigenvalue weighted by Crippen LogP contribution is -2.42. The van der Waals surface area contributed by atoms with Gasteiger partial charge in [0.25, 0.3) is 0 Å². The third-order valence-electron chi connectivity index (χ3n) is 4.63. The van der Waals surface area contributed by atoms with Gasteiger partial charge in [-0.15, -0.1) is 0 Å². The summed E-state index contributed by atoms with van der Waals surface area (Å²) < 4.78 is 13.0. The smallest absolute Gasteiger partial charge is 0.321 e. The normalized spacial score (nSPS) is 16.5. The van der Waals surface area contributed by atoms with E-state index in [1.54, 1.807) is 29.3 Å². The first kappa shape index (κ1) is 17.4. The number of nitrogens with zero attached hydrogens (tertiary/aromatic N) is 2. The van der Waals surface area contributed by atoms with E-state index in [1.807, 2.05) is 13.0 Å². The van der Waals surface area contributed by atoms with Crippen LogP contribution >= 0.6 is 0 Å². The monoisotopic (exact) mass is 343 g/mol. The molecule has 1 aromatic heterocycles. The number of carbonyl (C=O) groups excluding carboxylic acids is 1. The third kappa shape index (κ3) is 4.33. The molecule has 132 valence electrons. The van der Waals surface area contributed by atoms with Crippen LogP contribution in [-0.2, 0) is 0 Å². The number of aliphatic hydroxyl groups is 1. The lowest BCUT2D eigenvalue weighted by Gasteiger charge is -2.34. The maximum absolute atomic E-state index is 13.0. The molecule has 1 atom stereocenters. The predicted octanol–water partition coefficient (Wildman–Crippen LogP) is 3.51. The molecule has 2 amide bonds. The van der Waals surface area contributed by atoms with Gasteiger partial charge < -0.3 is 15.3 Å². The first-order chi connectivity index (χ1) is 12.0. The van der Waals surface area contributed by atoms with Gasteiger partial charge in [0.2, 0.25) is 0 Å². The zero-order chi connectivity index (χ0) is 17.8. The van der Waals surface area contributed by atoms with Gasteiger partial charge in [0.1, 0.15) is 5.82 Å². The van der Waals surface area contributed by atoms with Gasteiger partial charge in [0.05, 0.1) is 6.10 Å².